The topological polar surface area (TPSA) is 122 Å². The summed E-state index contributed by atoms with van der Waals surface area (Å²) in [4.78, 5) is 12.6. The second kappa shape index (κ2) is 10.4. The molecule has 0 saturated carbocycles. The lowest BCUT2D eigenvalue weighted by Crippen LogP contribution is -2.37. The van der Waals surface area contributed by atoms with E-state index in [1.54, 1.807) is 36.4 Å². The minimum Gasteiger partial charge on any atom is -0.495 e. The minimum absolute atomic E-state index is 0.0171. The van der Waals surface area contributed by atoms with E-state index in [1.807, 2.05) is 19.9 Å². The van der Waals surface area contributed by atoms with Crippen molar-refractivity contribution in [2.45, 2.75) is 18.7 Å². The number of amides is 1. The number of benzene rings is 3. The zero-order valence-electron chi connectivity index (χ0n) is 19.8. The Kier molecular flexibility index (Phi) is 7.71. The average molecular weight is 518 g/mol. The summed E-state index contributed by atoms with van der Waals surface area (Å²) in [5.74, 6) is -0.192. The summed E-state index contributed by atoms with van der Waals surface area (Å²) in [6.07, 6.45) is 1.03. The normalized spacial score (nSPS) is 11.5. The number of nitrogens with zero attached hydrogens (tertiary/aromatic N) is 1. The van der Waals surface area contributed by atoms with Gasteiger partial charge in [-0.05, 0) is 73.5 Å². The van der Waals surface area contributed by atoms with Gasteiger partial charge in [0, 0.05) is 5.69 Å². The van der Waals surface area contributed by atoms with Gasteiger partial charge in [-0.25, -0.2) is 16.8 Å². The highest BCUT2D eigenvalue weighted by atomic mass is 32.2. The third-order valence-corrected chi connectivity index (χ3v) is 7.55. The maximum absolute atomic E-state index is 12.8. The Morgan fingerprint density at radius 2 is 1.57 bits per heavy atom. The van der Waals surface area contributed by atoms with Crippen LogP contribution in [0.2, 0.25) is 0 Å². The van der Waals surface area contributed by atoms with E-state index in [1.165, 1.54) is 31.4 Å². The predicted octanol–water partition coefficient (Wildman–Crippen LogP) is 3.52. The summed E-state index contributed by atoms with van der Waals surface area (Å²) in [5.41, 5.74) is 2.71. The van der Waals surface area contributed by atoms with Crippen LogP contribution >= 0.6 is 0 Å². The fourth-order valence-electron chi connectivity index (χ4n) is 3.34. The van der Waals surface area contributed by atoms with E-state index in [2.05, 4.69) is 10.0 Å². The van der Waals surface area contributed by atoms with Crippen LogP contribution in [0.5, 0.6) is 5.75 Å². The Bertz CT molecular complexity index is 1440. The first kappa shape index (κ1) is 26.0. The number of anilines is 3. The standard InChI is InChI=1S/C24H27N3O6S2/c1-17-6-5-7-20(14-17)27(34(4,29)30)16-24(28)25-19-9-11-21(12-10-19)35(31,32)26-22-15-18(2)8-13-23(22)33-3/h5-15,26H,16H2,1-4H3,(H,25,28). The fraction of sp³-hybridized carbons (Fsp3) is 0.208. The number of carbonyl (C=O) groups is 1. The molecular weight excluding hydrogens is 490 g/mol. The van der Waals surface area contributed by atoms with E-state index >= 15 is 0 Å². The van der Waals surface area contributed by atoms with Crippen LogP contribution in [0.25, 0.3) is 0 Å². The molecule has 0 saturated heterocycles. The molecule has 0 aliphatic rings. The molecule has 1 amide bonds. The zero-order valence-corrected chi connectivity index (χ0v) is 21.4. The van der Waals surface area contributed by atoms with Crippen molar-refractivity contribution in [2.75, 3.05) is 34.3 Å². The van der Waals surface area contributed by atoms with Gasteiger partial charge in [-0.15, -0.1) is 0 Å². The molecular formula is C24H27N3O6S2. The van der Waals surface area contributed by atoms with Gasteiger partial charge in [0.2, 0.25) is 15.9 Å². The van der Waals surface area contributed by atoms with Crippen LogP contribution in [-0.4, -0.2) is 42.7 Å². The van der Waals surface area contributed by atoms with Crippen molar-refractivity contribution in [3.05, 3.63) is 77.9 Å². The first-order valence-electron chi connectivity index (χ1n) is 10.5. The number of carbonyl (C=O) groups excluding carboxylic acids is 1. The molecule has 0 aliphatic heterocycles. The highest BCUT2D eigenvalue weighted by Crippen LogP contribution is 2.28. The number of hydrogen-bond donors (Lipinski definition) is 2. The van der Waals surface area contributed by atoms with Crippen LogP contribution < -0.4 is 19.1 Å². The number of aryl methyl sites for hydroxylation is 2. The number of rotatable bonds is 9. The summed E-state index contributed by atoms with van der Waals surface area (Å²) < 4.78 is 58.9. The first-order valence-corrected chi connectivity index (χ1v) is 13.8. The van der Waals surface area contributed by atoms with E-state index in [9.17, 15) is 21.6 Å². The van der Waals surface area contributed by atoms with Crippen molar-refractivity contribution in [3.8, 4) is 5.75 Å². The lowest BCUT2D eigenvalue weighted by Gasteiger charge is -2.22. The molecule has 0 fully saturated rings. The molecule has 0 aromatic heterocycles. The van der Waals surface area contributed by atoms with Crippen molar-refractivity contribution in [1.29, 1.82) is 0 Å². The Morgan fingerprint density at radius 1 is 0.914 bits per heavy atom. The van der Waals surface area contributed by atoms with Crippen molar-refractivity contribution >= 4 is 43.0 Å². The van der Waals surface area contributed by atoms with Crippen LogP contribution in [0, 0.1) is 13.8 Å². The Balaban J connectivity index is 1.74. The molecule has 0 atom stereocenters. The molecule has 3 aromatic rings. The summed E-state index contributed by atoms with van der Waals surface area (Å²) >= 11 is 0. The van der Waals surface area contributed by atoms with Crippen molar-refractivity contribution in [2.24, 2.45) is 0 Å². The van der Waals surface area contributed by atoms with Gasteiger partial charge in [0.05, 0.1) is 29.6 Å². The van der Waals surface area contributed by atoms with Crippen molar-refractivity contribution in [1.82, 2.24) is 0 Å². The van der Waals surface area contributed by atoms with Gasteiger partial charge >= 0.3 is 0 Å². The molecule has 0 bridgehead atoms. The molecule has 0 unspecified atom stereocenters. The summed E-state index contributed by atoms with van der Waals surface area (Å²) in [6, 6.07) is 17.5. The molecule has 0 aliphatic carbocycles. The van der Waals surface area contributed by atoms with Gasteiger partial charge in [-0.3, -0.25) is 13.8 Å². The highest BCUT2D eigenvalue weighted by Gasteiger charge is 2.21. The molecule has 11 heteroatoms. The van der Waals surface area contributed by atoms with E-state index in [0.29, 0.717) is 22.8 Å². The SMILES string of the molecule is COc1ccc(C)cc1NS(=O)(=O)c1ccc(NC(=O)CN(c2cccc(C)c2)S(C)(=O)=O)cc1. The highest BCUT2D eigenvalue weighted by molar-refractivity contribution is 7.92. The minimum atomic E-state index is -3.92. The molecule has 3 rings (SSSR count). The number of ether oxygens (including phenoxy) is 1. The summed E-state index contributed by atoms with van der Waals surface area (Å²) in [6.45, 7) is 3.22. The van der Waals surface area contributed by atoms with E-state index in [0.717, 1.165) is 21.7 Å². The average Bonchev–Trinajstić information content (AvgIpc) is 2.77. The number of nitrogens with one attached hydrogen (secondary N) is 2. The number of hydrogen-bond acceptors (Lipinski definition) is 6. The third kappa shape index (κ3) is 6.74. The van der Waals surface area contributed by atoms with Gasteiger partial charge in [0.1, 0.15) is 12.3 Å². The van der Waals surface area contributed by atoms with Gasteiger partial charge < -0.3 is 10.1 Å². The Labute approximate surface area is 205 Å². The van der Waals surface area contributed by atoms with Crippen LogP contribution in [0.15, 0.2) is 71.6 Å². The lowest BCUT2D eigenvalue weighted by molar-refractivity contribution is -0.114. The van der Waals surface area contributed by atoms with Crippen molar-refractivity contribution in [3.63, 3.8) is 0 Å². The molecule has 0 spiro atoms. The summed E-state index contributed by atoms with van der Waals surface area (Å²) in [5, 5.41) is 2.60. The van der Waals surface area contributed by atoms with Gasteiger partial charge in [0.15, 0.2) is 0 Å². The molecule has 3 aromatic carbocycles. The smallest absolute Gasteiger partial charge is 0.262 e. The first-order chi connectivity index (χ1) is 16.4. The fourth-order valence-corrected chi connectivity index (χ4v) is 5.25. The van der Waals surface area contributed by atoms with Crippen LogP contribution in [0.1, 0.15) is 11.1 Å². The molecule has 9 nitrogen and oxygen atoms in total. The zero-order chi connectivity index (χ0) is 25.8. The molecule has 35 heavy (non-hydrogen) atoms. The van der Waals surface area contributed by atoms with Gasteiger partial charge in [-0.2, -0.15) is 0 Å². The van der Waals surface area contributed by atoms with E-state index in [4.69, 9.17) is 4.74 Å². The van der Waals surface area contributed by atoms with Crippen LogP contribution in [0.3, 0.4) is 0 Å². The summed E-state index contributed by atoms with van der Waals surface area (Å²) in [7, 11) is -6.18. The Hall–Kier alpha value is -3.57. The molecule has 0 radical (unpaired) electrons. The maximum atomic E-state index is 12.8. The quantitative estimate of drug-likeness (QED) is 0.448. The molecule has 186 valence electrons. The largest absolute Gasteiger partial charge is 0.495 e. The Morgan fingerprint density at radius 3 is 2.17 bits per heavy atom. The maximum Gasteiger partial charge on any atom is 0.262 e. The predicted molar refractivity (Wildman–Crippen MR) is 137 cm³/mol. The number of sulfonamides is 2. The van der Waals surface area contributed by atoms with Crippen molar-refractivity contribution < 1.29 is 26.4 Å². The monoisotopic (exact) mass is 517 g/mol. The lowest BCUT2D eigenvalue weighted by atomic mass is 10.2. The van der Waals surface area contributed by atoms with E-state index < -0.39 is 32.5 Å². The number of methoxy groups -OCH3 is 1. The second-order valence-electron chi connectivity index (χ2n) is 7.99. The van der Waals surface area contributed by atoms with Crippen LogP contribution in [0.4, 0.5) is 17.1 Å². The van der Waals surface area contributed by atoms with Crippen LogP contribution in [-0.2, 0) is 24.8 Å². The third-order valence-electron chi connectivity index (χ3n) is 5.02. The van der Waals surface area contributed by atoms with Gasteiger partial charge in [-0.1, -0.05) is 18.2 Å². The van der Waals surface area contributed by atoms with E-state index in [-0.39, 0.29) is 4.90 Å². The van der Waals surface area contributed by atoms with Gasteiger partial charge in [0.25, 0.3) is 10.0 Å². The molecule has 0 heterocycles. The molecule has 2 N–H and O–H groups in total. The second-order valence-corrected chi connectivity index (χ2v) is 11.6.